The molecule has 3 rings (SSSR count). The van der Waals surface area contributed by atoms with E-state index < -0.39 is 0 Å². The van der Waals surface area contributed by atoms with Crippen molar-refractivity contribution in [1.82, 2.24) is 5.32 Å². The highest BCUT2D eigenvalue weighted by Gasteiger charge is 2.19. The fourth-order valence-electron chi connectivity index (χ4n) is 3.42. The Morgan fingerprint density at radius 3 is 2.70 bits per heavy atom. The van der Waals surface area contributed by atoms with Gasteiger partial charge in [-0.1, -0.05) is 30.2 Å². The van der Waals surface area contributed by atoms with E-state index in [1.807, 2.05) is 0 Å². The molecule has 0 aliphatic carbocycles. The van der Waals surface area contributed by atoms with Crippen LogP contribution in [0.25, 0.3) is 0 Å². The largest absolute Gasteiger partial charge is 0.314 e. The average Bonchev–Trinajstić information content (AvgIpc) is 2.49. The third kappa shape index (κ3) is 3.72. The number of piperidine rings is 1. The van der Waals surface area contributed by atoms with Gasteiger partial charge in [0.25, 0.3) is 0 Å². The zero-order chi connectivity index (χ0) is 13.8. The van der Waals surface area contributed by atoms with Crippen molar-refractivity contribution in [3.8, 4) is 0 Å². The van der Waals surface area contributed by atoms with E-state index in [0.29, 0.717) is 12.0 Å². The summed E-state index contributed by atoms with van der Waals surface area (Å²) in [5.74, 6) is 3.26. The molecule has 2 aliphatic heterocycles. The number of nitrogens with one attached hydrogen (secondary N) is 1. The van der Waals surface area contributed by atoms with Gasteiger partial charge in [0, 0.05) is 11.1 Å². The predicted octanol–water partition coefficient (Wildman–Crippen LogP) is 4.64. The van der Waals surface area contributed by atoms with Gasteiger partial charge in [-0.2, -0.15) is 11.8 Å². The Morgan fingerprint density at radius 2 is 2.00 bits per heavy atom. The molecule has 2 aliphatic rings. The number of benzene rings is 1. The fraction of sp³-hybridized carbons (Fsp3) is 0.647. The first-order valence-electron chi connectivity index (χ1n) is 7.92. The smallest absolute Gasteiger partial charge is 0.0443 e. The van der Waals surface area contributed by atoms with E-state index >= 15 is 0 Å². The standard InChI is InChI=1S/C17H24ClNS/c18-17-12-13(11-15-3-1-2-8-19-15)4-5-16(17)14-6-9-20-10-7-14/h4-5,12,14-15,19H,1-3,6-11H2. The summed E-state index contributed by atoms with van der Waals surface area (Å²) in [5, 5.41) is 4.61. The average molecular weight is 310 g/mol. The Labute approximate surface area is 131 Å². The molecule has 1 nitrogen and oxygen atoms in total. The molecule has 20 heavy (non-hydrogen) atoms. The van der Waals surface area contributed by atoms with Crippen molar-refractivity contribution in [2.24, 2.45) is 0 Å². The highest BCUT2D eigenvalue weighted by Crippen LogP contribution is 2.35. The van der Waals surface area contributed by atoms with Crippen LogP contribution in [0.3, 0.4) is 0 Å². The molecule has 0 bridgehead atoms. The fourth-order valence-corrected chi connectivity index (χ4v) is 4.88. The van der Waals surface area contributed by atoms with Crippen LogP contribution in [-0.4, -0.2) is 24.1 Å². The lowest BCUT2D eigenvalue weighted by Gasteiger charge is -2.25. The summed E-state index contributed by atoms with van der Waals surface area (Å²) in [5.41, 5.74) is 2.77. The van der Waals surface area contributed by atoms with E-state index in [9.17, 15) is 0 Å². The number of halogens is 1. The summed E-state index contributed by atoms with van der Waals surface area (Å²) in [6.45, 7) is 1.18. The lowest BCUT2D eigenvalue weighted by atomic mass is 9.91. The monoisotopic (exact) mass is 309 g/mol. The van der Waals surface area contributed by atoms with E-state index in [2.05, 4.69) is 35.3 Å². The summed E-state index contributed by atoms with van der Waals surface area (Å²) in [6.07, 6.45) is 7.70. The predicted molar refractivity (Wildman–Crippen MR) is 90.1 cm³/mol. The number of hydrogen-bond donors (Lipinski definition) is 1. The second-order valence-electron chi connectivity index (χ2n) is 6.09. The molecule has 2 saturated heterocycles. The van der Waals surface area contributed by atoms with Crippen LogP contribution in [0.4, 0.5) is 0 Å². The van der Waals surface area contributed by atoms with Crippen LogP contribution in [0.1, 0.15) is 49.1 Å². The summed E-state index contributed by atoms with van der Waals surface area (Å²) in [7, 11) is 0. The lowest BCUT2D eigenvalue weighted by molar-refractivity contribution is 0.399. The highest BCUT2D eigenvalue weighted by atomic mass is 35.5. The van der Waals surface area contributed by atoms with Crippen LogP contribution in [0.5, 0.6) is 0 Å². The third-order valence-electron chi connectivity index (χ3n) is 4.62. The molecule has 0 amide bonds. The highest BCUT2D eigenvalue weighted by molar-refractivity contribution is 7.99. The van der Waals surface area contributed by atoms with Gasteiger partial charge in [-0.25, -0.2) is 0 Å². The molecule has 1 N–H and O–H groups in total. The zero-order valence-corrected chi connectivity index (χ0v) is 13.6. The van der Waals surface area contributed by atoms with Crippen molar-refractivity contribution in [3.63, 3.8) is 0 Å². The molecule has 3 heteroatoms. The second kappa shape index (κ2) is 7.20. The Hall–Kier alpha value is -0.180. The van der Waals surface area contributed by atoms with E-state index in [1.165, 1.54) is 61.3 Å². The van der Waals surface area contributed by atoms with Crippen LogP contribution in [0.15, 0.2) is 18.2 Å². The van der Waals surface area contributed by atoms with Crippen LogP contribution < -0.4 is 5.32 Å². The Kier molecular flexibility index (Phi) is 5.30. The maximum atomic E-state index is 6.55. The number of rotatable bonds is 3. The quantitative estimate of drug-likeness (QED) is 0.873. The van der Waals surface area contributed by atoms with Gasteiger partial charge in [0.15, 0.2) is 0 Å². The van der Waals surface area contributed by atoms with Gasteiger partial charge in [0.1, 0.15) is 0 Å². The van der Waals surface area contributed by atoms with Crippen molar-refractivity contribution >= 4 is 23.4 Å². The molecular weight excluding hydrogens is 286 g/mol. The molecule has 0 radical (unpaired) electrons. The molecule has 2 heterocycles. The Balaban J connectivity index is 1.66. The number of hydrogen-bond acceptors (Lipinski definition) is 2. The Bertz CT molecular complexity index is 437. The van der Waals surface area contributed by atoms with E-state index in [4.69, 9.17) is 11.6 Å². The maximum absolute atomic E-state index is 6.55. The molecule has 0 spiro atoms. The normalized spacial score (nSPS) is 24.8. The van der Waals surface area contributed by atoms with Crippen molar-refractivity contribution in [3.05, 3.63) is 34.3 Å². The second-order valence-corrected chi connectivity index (χ2v) is 7.73. The van der Waals surface area contributed by atoms with Crippen LogP contribution >= 0.6 is 23.4 Å². The lowest BCUT2D eigenvalue weighted by Crippen LogP contribution is -2.35. The Morgan fingerprint density at radius 1 is 1.15 bits per heavy atom. The molecule has 1 aromatic carbocycles. The minimum atomic E-state index is 0.650. The minimum absolute atomic E-state index is 0.650. The van der Waals surface area contributed by atoms with Crippen molar-refractivity contribution < 1.29 is 0 Å². The van der Waals surface area contributed by atoms with Crippen LogP contribution in [0, 0.1) is 0 Å². The van der Waals surface area contributed by atoms with E-state index in [0.717, 1.165) is 11.4 Å². The van der Waals surface area contributed by atoms with Crippen molar-refractivity contribution in [2.75, 3.05) is 18.1 Å². The first-order valence-corrected chi connectivity index (χ1v) is 9.45. The molecule has 1 unspecified atom stereocenters. The first kappa shape index (κ1) is 14.7. The summed E-state index contributed by atoms with van der Waals surface area (Å²) >= 11 is 8.63. The van der Waals surface area contributed by atoms with Crippen molar-refractivity contribution in [1.29, 1.82) is 0 Å². The first-order chi connectivity index (χ1) is 9.83. The molecule has 1 aromatic rings. The van der Waals surface area contributed by atoms with Gasteiger partial charge in [0.2, 0.25) is 0 Å². The van der Waals surface area contributed by atoms with Gasteiger partial charge in [-0.15, -0.1) is 0 Å². The molecule has 0 saturated carbocycles. The maximum Gasteiger partial charge on any atom is 0.0443 e. The van der Waals surface area contributed by atoms with Crippen LogP contribution in [0.2, 0.25) is 5.02 Å². The van der Waals surface area contributed by atoms with Gasteiger partial charge in [-0.3, -0.25) is 0 Å². The zero-order valence-electron chi connectivity index (χ0n) is 12.0. The molecule has 110 valence electrons. The van der Waals surface area contributed by atoms with E-state index in [1.54, 1.807) is 0 Å². The summed E-state index contributed by atoms with van der Waals surface area (Å²) < 4.78 is 0. The SMILES string of the molecule is Clc1cc(CC2CCCCN2)ccc1C1CCSCC1. The molecular formula is C17H24ClNS. The van der Waals surface area contributed by atoms with Crippen LogP contribution in [-0.2, 0) is 6.42 Å². The molecule has 0 aromatic heterocycles. The summed E-state index contributed by atoms with van der Waals surface area (Å²) in [4.78, 5) is 0. The minimum Gasteiger partial charge on any atom is -0.314 e. The molecule has 2 fully saturated rings. The topological polar surface area (TPSA) is 12.0 Å². The third-order valence-corrected chi connectivity index (χ3v) is 6.00. The van der Waals surface area contributed by atoms with Gasteiger partial charge < -0.3 is 5.32 Å². The van der Waals surface area contributed by atoms with Gasteiger partial charge >= 0.3 is 0 Å². The number of thioether (sulfide) groups is 1. The van der Waals surface area contributed by atoms with Crippen molar-refractivity contribution in [2.45, 2.75) is 50.5 Å². The van der Waals surface area contributed by atoms with Gasteiger partial charge in [0.05, 0.1) is 0 Å². The van der Waals surface area contributed by atoms with E-state index in [-0.39, 0.29) is 0 Å². The molecule has 1 atom stereocenters. The summed E-state index contributed by atoms with van der Waals surface area (Å²) in [6, 6.07) is 7.46. The van der Waals surface area contributed by atoms with Gasteiger partial charge in [-0.05, 0) is 73.3 Å².